The van der Waals surface area contributed by atoms with Crippen molar-refractivity contribution in [3.8, 4) is 0 Å². The van der Waals surface area contributed by atoms with Gasteiger partial charge in [-0.25, -0.2) is 0 Å². The van der Waals surface area contributed by atoms with Crippen LogP contribution in [0.15, 0.2) is 77.7 Å². The summed E-state index contributed by atoms with van der Waals surface area (Å²) in [7, 11) is 0. The Morgan fingerprint density at radius 2 is 1.70 bits per heavy atom. The van der Waals surface area contributed by atoms with E-state index in [1.165, 1.54) is 23.4 Å². The second-order valence-corrected chi connectivity index (χ2v) is 8.77. The molecule has 0 saturated carbocycles. The van der Waals surface area contributed by atoms with E-state index in [9.17, 15) is 14.9 Å². The topological polar surface area (TPSA) is 78.7 Å². The molecule has 4 rings (SSSR count). The standard InChI is InChI=1S/C25H26N4O3S/c1-33-22-11-12-24(29(31)32)23(17-22)25(30)26-20-7-9-21(10-8-20)28-15-13-27(14-16-28)18-19-5-3-2-4-6-19/h2-12,17H,13-16,18H2,1H3,(H,26,30). The molecule has 33 heavy (non-hydrogen) atoms. The zero-order valence-electron chi connectivity index (χ0n) is 18.4. The Bertz CT molecular complexity index is 1110. The second-order valence-electron chi connectivity index (χ2n) is 7.89. The van der Waals surface area contributed by atoms with Crippen LogP contribution in [-0.2, 0) is 6.54 Å². The Kier molecular flexibility index (Phi) is 7.26. The van der Waals surface area contributed by atoms with Crippen LogP contribution < -0.4 is 10.2 Å². The molecule has 0 spiro atoms. The lowest BCUT2D eigenvalue weighted by molar-refractivity contribution is -0.385. The van der Waals surface area contributed by atoms with Gasteiger partial charge in [-0.3, -0.25) is 19.8 Å². The summed E-state index contributed by atoms with van der Waals surface area (Å²) in [4.78, 5) is 29.1. The van der Waals surface area contributed by atoms with Gasteiger partial charge in [-0.1, -0.05) is 30.3 Å². The van der Waals surface area contributed by atoms with E-state index in [0.717, 1.165) is 43.3 Å². The molecule has 170 valence electrons. The summed E-state index contributed by atoms with van der Waals surface area (Å²) in [6.45, 7) is 4.81. The van der Waals surface area contributed by atoms with Gasteiger partial charge in [-0.2, -0.15) is 0 Å². The number of amides is 1. The minimum atomic E-state index is -0.528. The van der Waals surface area contributed by atoms with Crippen molar-refractivity contribution in [1.29, 1.82) is 0 Å². The maximum Gasteiger partial charge on any atom is 0.282 e. The number of nitrogens with zero attached hydrogens (tertiary/aromatic N) is 3. The van der Waals surface area contributed by atoms with Crippen molar-refractivity contribution in [2.24, 2.45) is 0 Å². The molecule has 7 nitrogen and oxygen atoms in total. The first-order valence-electron chi connectivity index (χ1n) is 10.8. The smallest absolute Gasteiger partial charge is 0.282 e. The Labute approximate surface area is 197 Å². The van der Waals surface area contributed by atoms with Crippen LogP contribution in [-0.4, -0.2) is 48.2 Å². The van der Waals surface area contributed by atoms with E-state index in [-0.39, 0.29) is 11.3 Å². The van der Waals surface area contributed by atoms with Crippen molar-refractivity contribution in [2.75, 3.05) is 42.7 Å². The van der Waals surface area contributed by atoms with Gasteiger partial charge >= 0.3 is 0 Å². The van der Waals surface area contributed by atoms with Gasteiger partial charge in [-0.05, 0) is 48.2 Å². The Morgan fingerprint density at radius 1 is 1.00 bits per heavy atom. The first-order valence-corrected chi connectivity index (χ1v) is 12.0. The third-order valence-electron chi connectivity index (χ3n) is 5.76. The summed E-state index contributed by atoms with van der Waals surface area (Å²) in [5.74, 6) is -0.486. The van der Waals surface area contributed by atoms with Gasteiger partial charge in [0.05, 0.1) is 4.92 Å². The van der Waals surface area contributed by atoms with Crippen molar-refractivity contribution in [3.05, 3.63) is 94.0 Å². The molecule has 1 saturated heterocycles. The summed E-state index contributed by atoms with van der Waals surface area (Å²) in [5.41, 5.74) is 2.90. The Morgan fingerprint density at radius 3 is 2.33 bits per heavy atom. The number of nitro benzene ring substituents is 1. The van der Waals surface area contributed by atoms with Crippen LogP contribution >= 0.6 is 11.8 Å². The SMILES string of the molecule is CSc1ccc([N+](=O)[O-])c(C(=O)Nc2ccc(N3CCN(Cc4ccccc4)CC3)cc2)c1. The molecule has 1 N–H and O–H groups in total. The first kappa shape index (κ1) is 22.8. The molecule has 3 aromatic rings. The first-order chi connectivity index (χ1) is 16.0. The molecule has 0 unspecified atom stereocenters. The van der Waals surface area contributed by atoms with Crippen LogP contribution in [0, 0.1) is 10.1 Å². The molecule has 0 bridgehead atoms. The van der Waals surface area contributed by atoms with Crippen LogP contribution in [0.5, 0.6) is 0 Å². The fraction of sp³-hybridized carbons (Fsp3) is 0.240. The largest absolute Gasteiger partial charge is 0.369 e. The highest BCUT2D eigenvalue weighted by atomic mass is 32.2. The fourth-order valence-electron chi connectivity index (χ4n) is 3.94. The molecular formula is C25H26N4O3S. The summed E-state index contributed by atoms with van der Waals surface area (Å²) >= 11 is 1.43. The fourth-order valence-corrected chi connectivity index (χ4v) is 4.38. The quantitative estimate of drug-likeness (QED) is 0.306. The minimum absolute atomic E-state index is 0.0606. The van der Waals surface area contributed by atoms with Gasteiger partial charge in [0.1, 0.15) is 5.56 Å². The van der Waals surface area contributed by atoms with Gasteiger partial charge < -0.3 is 10.2 Å². The molecule has 3 aromatic carbocycles. The molecule has 8 heteroatoms. The van der Waals surface area contributed by atoms with E-state index in [1.54, 1.807) is 12.1 Å². The highest BCUT2D eigenvalue weighted by Gasteiger charge is 2.21. The average molecular weight is 463 g/mol. The monoisotopic (exact) mass is 462 g/mol. The number of carbonyl (C=O) groups excluding carboxylic acids is 1. The van der Waals surface area contributed by atoms with Crippen molar-refractivity contribution in [1.82, 2.24) is 4.90 Å². The predicted octanol–water partition coefficient (Wildman–Crippen LogP) is 4.89. The van der Waals surface area contributed by atoms with Gasteiger partial charge in [-0.15, -0.1) is 11.8 Å². The normalized spacial score (nSPS) is 14.2. The number of carbonyl (C=O) groups is 1. The van der Waals surface area contributed by atoms with E-state index < -0.39 is 10.8 Å². The number of thioether (sulfide) groups is 1. The molecule has 1 amide bonds. The average Bonchev–Trinajstić information content (AvgIpc) is 2.85. The zero-order chi connectivity index (χ0) is 23.2. The third kappa shape index (κ3) is 5.71. The number of piperazine rings is 1. The third-order valence-corrected chi connectivity index (χ3v) is 6.48. The molecule has 0 aliphatic carbocycles. The van der Waals surface area contributed by atoms with Crippen molar-refractivity contribution < 1.29 is 9.72 Å². The van der Waals surface area contributed by atoms with Crippen molar-refractivity contribution in [2.45, 2.75) is 11.4 Å². The van der Waals surface area contributed by atoms with Crippen LogP contribution in [0.25, 0.3) is 0 Å². The van der Waals surface area contributed by atoms with E-state index >= 15 is 0 Å². The van der Waals surface area contributed by atoms with E-state index in [4.69, 9.17) is 0 Å². The maximum atomic E-state index is 12.7. The van der Waals surface area contributed by atoms with Gasteiger partial charge in [0.15, 0.2) is 0 Å². The number of hydrogen-bond acceptors (Lipinski definition) is 6. The lowest BCUT2D eigenvalue weighted by Gasteiger charge is -2.36. The molecular weight excluding hydrogens is 436 g/mol. The minimum Gasteiger partial charge on any atom is -0.369 e. The van der Waals surface area contributed by atoms with E-state index in [1.807, 2.05) is 36.6 Å². The number of nitrogens with one attached hydrogen (secondary N) is 1. The van der Waals surface area contributed by atoms with Crippen LogP contribution in [0.3, 0.4) is 0 Å². The summed E-state index contributed by atoms with van der Waals surface area (Å²) in [6, 6.07) is 22.7. The number of nitro groups is 1. The molecule has 0 radical (unpaired) electrons. The molecule has 0 atom stereocenters. The van der Waals surface area contributed by atoms with Gasteiger partial charge in [0, 0.05) is 55.1 Å². The molecule has 0 aromatic heterocycles. The lowest BCUT2D eigenvalue weighted by Crippen LogP contribution is -2.45. The zero-order valence-corrected chi connectivity index (χ0v) is 19.3. The molecule has 1 aliphatic heterocycles. The Hall–Kier alpha value is -3.36. The van der Waals surface area contributed by atoms with E-state index in [2.05, 4.69) is 39.4 Å². The molecule has 1 heterocycles. The highest BCUT2D eigenvalue weighted by Crippen LogP contribution is 2.26. The second kappa shape index (κ2) is 10.5. The van der Waals surface area contributed by atoms with Crippen LogP contribution in [0.4, 0.5) is 17.1 Å². The molecule has 1 aliphatic rings. The summed E-state index contributed by atoms with van der Waals surface area (Å²) < 4.78 is 0. The number of benzene rings is 3. The number of hydrogen-bond donors (Lipinski definition) is 1. The number of rotatable bonds is 7. The van der Waals surface area contributed by atoms with E-state index in [0.29, 0.717) is 5.69 Å². The summed E-state index contributed by atoms with van der Waals surface area (Å²) in [5, 5.41) is 14.1. The maximum absolute atomic E-state index is 12.7. The van der Waals surface area contributed by atoms with Gasteiger partial charge in [0.25, 0.3) is 11.6 Å². The van der Waals surface area contributed by atoms with Crippen LogP contribution in [0.1, 0.15) is 15.9 Å². The van der Waals surface area contributed by atoms with Crippen LogP contribution in [0.2, 0.25) is 0 Å². The van der Waals surface area contributed by atoms with Crippen molar-refractivity contribution in [3.63, 3.8) is 0 Å². The predicted molar refractivity (Wildman–Crippen MR) is 133 cm³/mol. The Balaban J connectivity index is 1.36. The summed E-state index contributed by atoms with van der Waals surface area (Å²) in [6.07, 6.45) is 1.86. The number of anilines is 2. The lowest BCUT2D eigenvalue weighted by atomic mass is 10.1. The van der Waals surface area contributed by atoms with Gasteiger partial charge in [0.2, 0.25) is 0 Å². The van der Waals surface area contributed by atoms with Crippen molar-refractivity contribution >= 4 is 34.7 Å². The highest BCUT2D eigenvalue weighted by molar-refractivity contribution is 7.98. The molecule has 1 fully saturated rings.